The van der Waals surface area contributed by atoms with Crippen LogP contribution in [0, 0.1) is 0 Å². The largest absolute Gasteiger partial charge is 0.333 e. The molecule has 0 unspecified atom stereocenters. The fourth-order valence-corrected chi connectivity index (χ4v) is 3.13. The van der Waals surface area contributed by atoms with E-state index in [0.29, 0.717) is 0 Å². The Morgan fingerprint density at radius 3 is 0.647 bits per heavy atom. The third-order valence-electron chi connectivity index (χ3n) is 4.02. The van der Waals surface area contributed by atoms with E-state index in [1.54, 1.807) is 0 Å². The van der Waals surface area contributed by atoms with Crippen molar-refractivity contribution in [2.24, 2.45) is 0 Å². The molecule has 0 heterocycles. The summed E-state index contributed by atoms with van der Waals surface area (Å²) in [4.78, 5) is 0. The molecule has 0 spiro atoms. The van der Waals surface area contributed by atoms with Crippen molar-refractivity contribution >= 4 is 0 Å². The normalized spacial score (nSPS) is 63.9. The van der Waals surface area contributed by atoms with Gasteiger partial charge in [0, 0.05) is 0 Å². The Kier molecular flexibility index (Phi) is 1.23. The van der Waals surface area contributed by atoms with Crippen molar-refractivity contribution in [3.8, 4) is 0 Å². The second-order valence-electron chi connectivity index (χ2n) is 4.36. The molecule has 3 fully saturated rings. The molecule has 98 valence electrons. The summed E-state index contributed by atoms with van der Waals surface area (Å²) in [7, 11) is 0. The van der Waals surface area contributed by atoms with Gasteiger partial charge >= 0.3 is 17.8 Å². The van der Waals surface area contributed by atoms with Gasteiger partial charge in [0.1, 0.15) is 0 Å². The van der Waals surface area contributed by atoms with E-state index in [1.807, 2.05) is 0 Å². The standard InChI is InChI=1S/C7F10/c8-1-2(9)5(12,13)3(1,10)7(16,17)4(1,11)6(2,14)15. The van der Waals surface area contributed by atoms with Crippen molar-refractivity contribution in [2.45, 2.75) is 40.4 Å². The average Bonchev–Trinajstić information content (AvgIpc) is 2.21. The number of hydrogen-bond donors (Lipinski definition) is 0. The molecule has 0 radical (unpaired) electrons. The molecule has 3 saturated carbocycles. The maximum absolute atomic E-state index is 13.2. The quantitative estimate of drug-likeness (QED) is 0.596. The molecule has 0 aliphatic heterocycles. The Balaban J connectivity index is 2.34. The Bertz CT molecular complexity index is 367. The molecular formula is C7F10. The molecule has 3 rings (SSSR count). The molecule has 3 aliphatic rings. The maximum Gasteiger partial charge on any atom is 0.333 e. The van der Waals surface area contributed by atoms with E-state index in [0.717, 1.165) is 0 Å². The van der Waals surface area contributed by atoms with Gasteiger partial charge in [-0.05, 0) is 0 Å². The number of halogens is 10. The molecule has 0 N–H and O–H groups in total. The summed E-state index contributed by atoms with van der Waals surface area (Å²) >= 11 is 0. The summed E-state index contributed by atoms with van der Waals surface area (Å²) < 4.78 is 129. The maximum atomic E-state index is 13.2. The van der Waals surface area contributed by atoms with Gasteiger partial charge in [0.15, 0.2) is 0 Å². The van der Waals surface area contributed by atoms with Crippen molar-refractivity contribution < 1.29 is 43.9 Å². The molecule has 10 heteroatoms. The lowest BCUT2D eigenvalue weighted by Gasteiger charge is -2.85. The van der Waals surface area contributed by atoms with Gasteiger partial charge in [-0.2, -0.15) is 26.3 Å². The molecule has 0 amide bonds. The number of alkyl halides is 10. The highest BCUT2D eigenvalue weighted by Gasteiger charge is 3.32. The van der Waals surface area contributed by atoms with Gasteiger partial charge in [-0.25, -0.2) is 17.6 Å². The highest BCUT2D eigenvalue weighted by atomic mass is 19.3. The van der Waals surface area contributed by atoms with Crippen molar-refractivity contribution in [1.29, 1.82) is 0 Å². The van der Waals surface area contributed by atoms with Crippen molar-refractivity contribution in [3.63, 3.8) is 0 Å². The SMILES string of the molecule is FC1(F)C2(F)C(F)(F)C3(F)C(F)(F)C1(F)C23F. The minimum absolute atomic E-state index is 5.22. The van der Waals surface area contributed by atoms with Gasteiger partial charge in [-0.15, -0.1) is 0 Å². The summed E-state index contributed by atoms with van der Waals surface area (Å²) in [6.07, 6.45) is 0. The van der Waals surface area contributed by atoms with Gasteiger partial charge in [0.25, 0.3) is 17.0 Å². The first kappa shape index (κ1) is 11.4. The minimum Gasteiger partial charge on any atom is -0.232 e. The van der Waals surface area contributed by atoms with Gasteiger partial charge < -0.3 is 0 Å². The first-order valence-electron chi connectivity index (χ1n) is 4.14. The summed E-state index contributed by atoms with van der Waals surface area (Å²) in [5.41, 5.74) is -21.9. The Morgan fingerprint density at radius 2 is 0.471 bits per heavy atom. The fraction of sp³-hybridized carbons (Fsp3) is 1.00. The first-order chi connectivity index (χ1) is 7.25. The molecule has 17 heavy (non-hydrogen) atoms. The van der Waals surface area contributed by atoms with E-state index in [-0.39, 0.29) is 0 Å². The molecule has 0 nitrogen and oxygen atoms in total. The molecule has 0 aromatic carbocycles. The predicted octanol–water partition coefficient (Wildman–Crippen LogP) is 2.77. The second kappa shape index (κ2) is 1.83. The van der Waals surface area contributed by atoms with Crippen LogP contribution in [0.3, 0.4) is 0 Å². The predicted molar refractivity (Wildman–Crippen MR) is 30.2 cm³/mol. The van der Waals surface area contributed by atoms with Crippen LogP contribution in [0.4, 0.5) is 43.9 Å². The van der Waals surface area contributed by atoms with Crippen LogP contribution in [0.25, 0.3) is 0 Å². The summed E-state index contributed by atoms with van der Waals surface area (Å²) in [5, 5.41) is 0. The zero-order valence-corrected chi connectivity index (χ0v) is 7.28. The van der Waals surface area contributed by atoms with Gasteiger partial charge in [0.05, 0.1) is 0 Å². The van der Waals surface area contributed by atoms with Gasteiger partial charge in [-0.3, -0.25) is 0 Å². The van der Waals surface area contributed by atoms with Crippen LogP contribution in [-0.2, 0) is 0 Å². The average molecular weight is 274 g/mol. The van der Waals surface area contributed by atoms with Gasteiger partial charge in [0.2, 0.25) is 5.67 Å². The van der Waals surface area contributed by atoms with E-state index in [9.17, 15) is 43.9 Å². The molecular weight excluding hydrogens is 274 g/mol. The van der Waals surface area contributed by atoms with E-state index in [2.05, 4.69) is 0 Å². The highest BCUT2D eigenvalue weighted by molar-refractivity contribution is 5.67. The van der Waals surface area contributed by atoms with Crippen LogP contribution in [0.2, 0.25) is 0 Å². The number of hydrogen-bond acceptors (Lipinski definition) is 0. The summed E-state index contributed by atoms with van der Waals surface area (Å²) in [6.45, 7) is 0. The fourth-order valence-electron chi connectivity index (χ4n) is 3.13. The van der Waals surface area contributed by atoms with Crippen LogP contribution in [0.5, 0.6) is 0 Å². The van der Waals surface area contributed by atoms with Crippen LogP contribution < -0.4 is 0 Å². The second-order valence-corrected chi connectivity index (χ2v) is 4.36. The van der Waals surface area contributed by atoms with Crippen molar-refractivity contribution in [2.75, 3.05) is 0 Å². The topological polar surface area (TPSA) is 0 Å². The lowest BCUT2D eigenvalue weighted by atomic mass is 9.23. The summed E-state index contributed by atoms with van der Waals surface area (Å²) in [5.74, 6) is -18.0. The van der Waals surface area contributed by atoms with Gasteiger partial charge in [-0.1, -0.05) is 0 Å². The molecule has 0 aromatic rings. The third-order valence-corrected chi connectivity index (χ3v) is 4.02. The van der Waals surface area contributed by atoms with Crippen molar-refractivity contribution in [3.05, 3.63) is 0 Å². The van der Waals surface area contributed by atoms with Crippen LogP contribution >= 0.6 is 0 Å². The van der Waals surface area contributed by atoms with Crippen molar-refractivity contribution in [1.82, 2.24) is 0 Å². The van der Waals surface area contributed by atoms with E-state index >= 15 is 0 Å². The van der Waals surface area contributed by atoms with E-state index in [1.165, 1.54) is 0 Å². The zero-order valence-electron chi connectivity index (χ0n) is 7.28. The Labute approximate surface area is 85.6 Å². The molecule has 0 bridgehead atoms. The molecule has 3 aliphatic carbocycles. The Hall–Kier alpha value is -0.700. The van der Waals surface area contributed by atoms with Crippen LogP contribution in [-0.4, -0.2) is 40.4 Å². The van der Waals surface area contributed by atoms with Crippen LogP contribution in [0.1, 0.15) is 0 Å². The van der Waals surface area contributed by atoms with Crippen LogP contribution in [0.15, 0.2) is 0 Å². The first-order valence-corrected chi connectivity index (χ1v) is 4.14. The third kappa shape index (κ3) is 0.420. The Morgan fingerprint density at radius 1 is 0.294 bits per heavy atom. The zero-order chi connectivity index (χ0) is 13.5. The summed E-state index contributed by atoms with van der Waals surface area (Å²) in [6, 6.07) is 0. The molecule has 0 saturated heterocycles. The number of rotatable bonds is 0. The van der Waals surface area contributed by atoms with E-state index in [4.69, 9.17) is 0 Å². The highest BCUT2D eigenvalue weighted by Crippen LogP contribution is 2.97. The minimum atomic E-state index is -6.00. The smallest absolute Gasteiger partial charge is 0.232 e. The molecule has 0 aromatic heterocycles. The lowest BCUT2D eigenvalue weighted by molar-refractivity contribution is -0.660. The molecule has 0 atom stereocenters. The lowest BCUT2D eigenvalue weighted by Crippen LogP contribution is -3.21. The monoisotopic (exact) mass is 274 g/mol. The van der Waals surface area contributed by atoms with E-state index < -0.39 is 40.4 Å².